The van der Waals surface area contributed by atoms with Crippen LogP contribution in [0.3, 0.4) is 0 Å². The van der Waals surface area contributed by atoms with Crippen LogP contribution in [0, 0.1) is 11.8 Å². The third kappa shape index (κ3) is 3.53. The van der Waals surface area contributed by atoms with Crippen LogP contribution in [0.4, 0.5) is 13.2 Å². The number of nitrogens with zero attached hydrogens (tertiary/aromatic N) is 2. The van der Waals surface area contributed by atoms with Crippen molar-refractivity contribution in [2.45, 2.75) is 6.18 Å². The molecule has 0 radical (unpaired) electrons. The second-order valence-electron chi connectivity index (χ2n) is 4.89. The van der Waals surface area contributed by atoms with Crippen LogP contribution in [0.15, 0.2) is 0 Å². The molecule has 1 rings (SSSR count). The molecular weight excluding hydrogens is 237 g/mol. The van der Waals surface area contributed by atoms with Crippen molar-refractivity contribution in [3.05, 3.63) is 0 Å². The number of halogens is 3. The molecule has 0 saturated carbocycles. The normalized spacial score (nSPS) is 28.9. The Balaban J connectivity index is 2.71. The van der Waals surface area contributed by atoms with E-state index < -0.39 is 23.2 Å². The number of rotatable bonds is 3. The van der Waals surface area contributed by atoms with Gasteiger partial charge in [-0.1, -0.05) is 0 Å². The van der Waals surface area contributed by atoms with Gasteiger partial charge < -0.3 is 4.90 Å². The first kappa shape index (κ1) is 14.1. The maximum absolute atomic E-state index is 12.9. The number of alkyl halides is 3. The van der Waals surface area contributed by atoms with Gasteiger partial charge in [0.15, 0.2) is 0 Å². The summed E-state index contributed by atoms with van der Waals surface area (Å²) in [4.78, 5) is 1.85. The fourth-order valence-electron chi connectivity index (χ4n) is 2.20. The molecule has 0 spiro atoms. The minimum Gasteiger partial charge on any atom is -0.309 e. The van der Waals surface area contributed by atoms with E-state index in [0.717, 1.165) is 0 Å². The monoisotopic (exact) mass is 258 g/mol. The zero-order chi connectivity index (χ0) is 12.5. The van der Waals surface area contributed by atoms with E-state index in [4.69, 9.17) is 0 Å². The highest BCUT2D eigenvalue weighted by molar-refractivity contribution is 8.13. The molecule has 98 valence electrons. The molecule has 2 atom stereocenters. The summed E-state index contributed by atoms with van der Waals surface area (Å²) >= 11 is -0.412. The number of hydrogen-bond donors (Lipinski definition) is 1. The molecule has 1 saturated heterocycles. The van der Waals surface area contributed by atoms with Crippen molar-refractivity contribution in [1.29, 1.82) is 0 Å². The molecular formula is C10H21F3N2S. The minimum atomic E-state index is -4.05. The van der Waals surface area contributed by atoms with E-state index in [2.05, 4.69) is 0 Å². The number of thiol groups is 1. The third-order valence-corrected chi connectivity index (χ3v) is 4.47. The molecule has 0 bridgehead atoms. The van der Waals surface area contributed by atoms with Crippen LogP contribution in [-0.2, 0) is 0 Å². The van der Waals surface area contributed by atoms with Gasteiger partial charge in [0.05, 0.1) is 5.92 Å². The van der Waals surface area contributed by atoms with E-state index in [0.29, 0.717) is 13.1 Å². The van der Waals surface area contributed by atoms with Gasteiger partial charge in [-0.2, -0.15) is 13.2 Å². The van der Waals surface area contributed by atoms with Gasteiger partial charge in [-0.15, -0.1) is 0 Å². The van der Waals surface area contributed by atoms with Gasteiger partial charge in [-0.3, -0.25) is 4.31 Å². The first-order valence-corrected chi connectivity index (χ1v) is 7.54. The second-order valence-corrected chi connectivity index (χ2v) is 7.15. The quantitative estimate of drug-likeness (QED) is 0.772. The van der Waals surface area contributed by atoms with Crippen molar-refractivity contribution < 1.29 is 13.2 Å². The van der Waals surface area contributed by atoms with Crippen LogP contribution >= 0.6 is 11.1 Å². The zero-order valence-electron chi connectivity index (χ0n) is 10.3. The molecule has 6 heteroatoms. The molecule has 2 nitrogen and oxygen atoms in total. The highest BCUT2D eigenvalue weighted by Gasteiger charge is 2.49. The first-order chi connectivity index (χ1) is 7.21. The van der Waals surface area contributed by atoms with Crippen LogP contribution in [0.5, 0.6) is 0 Å². The number of hydrogen-bond acceptors (Lipinski definition) is 2. The molecule has 0 N–H and O–H groups in total. The van der Waals surface area contributed by atoms with Gasteiger partial charge in [-0.05, 0) is 32.5 Å². The summed E-state index contributed by atoms with van der Waals surface area (Å²) in [6.07, 6.45) is -0.0254. The molecule has 0 aromatic carbocycles. The standard InChI is InChI=1S/C10H21F3N2S/c1-14(2)5-8-6-15(16(3)4)7-9(8)10(11,12)13/h8-9,16H,5-7H2,1-4H3. The summed E-state index contributed by atoms with van der Waals surface area (Å²) in [5.74, 6) is -1.43. The fraction of sp³-hybridized carbons (Fsp3) is 1.00. The van der Waals surface area contributed by atoms with Gasteiger partial charge in [0.25, 0.3) is 0 Å². The molecule has 1 heterocycles. The minimum absolute atomic E-state index is 0.181. The molecule has 16 heavy (non-hydrogen) atoms. The lowest BCUT2D eigenvalue weighted by atomic mass is 9.95. The van der Waals surface area contributed by atoms with Gasteiger partial charge in [0.2, 0.25) is 0 Å². The predicted molar refractivity (Wildman–Crippen MR) is 64.0 cm³/mol. The van der Waals surface area contributed by atoms with Crippen molar-refractivity contribution in [3.63, 3.8) is 0 Å². The van der Waals surface area contributed by atoms with Crippen LogP contribution in [-0.4, -0.2) is 61.6 Å². The van der Waals surface area contributed by atoms with Crippen LogP contribution in [0.1, 0.15) is 0 Å². The predicted octanol–water partition coefficient (Wildman–Crippen LogP) is 1.83. The van der Waals surface area contributed by atoms with Crippen molar-refractivity contribution in [3.8, 4) is 0 Å². The smallest absolute Gasteiger partial charge is 0.309 e. The summed E-state index contributed by atoms with van der Waals surface area (Å²) < 4.78 is 40.6. The first-order valence-electron chi connectivity index (χ1n) is 5.35. The lowest BCUT2D eigenvalue weighted by molar-refractivity contribution is -0.180. The molecule has 0 aromatic rings. The molecule has 1 fully saturated rings. The lowest BCUT2D eigenvalue weighted by Crippen LogP contribution is -2.35. The van der Waals surface area contributed by atoms with Gasteiger partial charge in [0, 0.05) is 19.6 Å². The molecule has 0 aliphatic carbocycles. The Hall–Kier alpha value is 0.0600. The Kier molecular flexibility index (Phi) is 4.54. The zero-order valence-corrected chi connectivity index (χ0v) is 11.1. The van der Waals surface area contributed by atoms with Crippen LogP contribution in [0.25, 0.3) is 0 Å². The third-order valence-electron chi connectivity index (χ3n) is 3.01. The maximum atomic E-state index is 12.9. The average Bonchev–Trinajstić information content (AvgIpc) is 2.45. The maximum Gasteiger partial charge on any atom is 0.393 e. The van der Waals surface area contributed by atoms with E-state index in [1.54, 1.807) is 0 Å². The van der Waals surface area contributed by atoms with Crippen molar-refractivity contribution in [1.82, 2.24) is 9.21 Å². The lowest BCUT2D eigenvalue weighted by Gasteiger charge is -2.24. The average molecular weight is 258 g/mol. The Morgan fingerprint density at radius 1 is 1.25 bits per heavy atom. The van der Waals surface area contributed by atoms with Crippen molar-refractivity contribution in [2.24, 2.45) is 11.8 Å². The van der Waals surface area contributed by atoms with E-state index in [1.165, 1.54) is 0 Å². The SMILES string of the molecule is CN(C)CC1CN([SH](C)C)CC1C(F)(F)F. The Morgan fingerprint density at radius 3 is 2.19 bits per heavy atom. The van der Waals surface area contributed by atoms with Crippen LogP contribution < -0.4 is 0 Å². The summed E-state index contributed by atoms with van der Waals surface area (Å²) in [6.45, 7) is 1.28. The van der Waals surface area contributed by atoms with E-state index in [-0.39, 0.29) is 12.5 Å². The summed E-state index contributed by atoms with van der Waals surface area (Å²) in [7, 11) is 3.66. The van der Waals surface area contributed by atoms with E-state index in [9.17, 15) is 13.2 Å². The Bertz CT molecular complexity index is 231. The highest BCUT2D eigenvalue weighted by Crippen LogP contribution is 2.41. The summed E-state index contributed by atoms with van der Waals surface area (Å²) in [5.41, 5.74) is 0. The van der Waals surface area contributed by atoms with Crippen molar-refractivity contribution >= 4 is 11.1 Å². The van der Waals surface area contributed by atoms with E-state index >= 15 is 0 Å². The topological polar surface area (TPSA) is 6.48 Å². The van der Waals surface area contributed by atoms with Gasteiger partial charge in [-0.25, -0.2) is 11.1 Å². The van der Waals surface area contributed by atoms with Gasteiger partial charge in [0.1, 0.15) is 0 Å². The Morgan fingerprint density at radius 2 is 1.81 bits per heavy atom. The molecule has 1 aliphatic heterocycles. The Labute approximate surface area is 98.3 Å². The molecule has 1 aliphatic rings. The molecule has 0 amide bonds. The highest BCUT2D eigenvalue weighted by atomic mass is 32.2. The second kappa shape index (κ2) is 5.14. The van der Waals surface area contributed by atoms with Crippen LogP contribution in [0.2, 0.25) is 0 Å². The summed E-state index contributed by atoms with van der Waals surface area (Å²) in [6, 6.07) is 0. The molecule has 2 unspecified atom stereocenters. The van der Waals surface area contributed by atoms with Gasteiger partial charge >= 0.3 is 6.18 Å². The fourth-order valence-corrected chi connectivity index (χ4v) is 3.24. The largest absolute Gasteiger partial charge is 0.393 e. The summed E-state index contributed by atoms with van der Waals surface area (Å²) in [5, 5.41) is 0. The van der Waals surface area contributed by atoms with Crippen molar-refractivity contribution in [2.75, 3.05) is 46.2 Å². The van der Waals surface area contributed by atoms with E-state index in [1.807, 2.05) is 35.8 Å². The molecule has 0 aromatic heterocycles.